The maximum absolute atomic E-state index is 14.3. The van der Waals surface area contributed by atoms with Gasteiger partial charge in [0.05, 0.1) is 11.1 Å². The average molecular weight is 380 g/mol. The number of fused-ring (bicyclic) bond motifs is 1. The second-order valence-electron chi connectivity index (χ2n) is 5.88. The van der Waals surface area contributed by atoms with Gasteiger partial charge in [-0.1, -0.05) is 11.6 Å². The van der Waals surface area contributed by atoms with Crippen molar-refractivity contribution in [3.05, 3.63) is 63.7 Å². The van der Waals surface area contributed by atoms with Gasteiger partial charge in [0.1, 0.15) is 11.6 Å². The van der Waals surface area contributed by atoms with Gasteiger partial charge in [0.2, 0.25) is 0 Å². The number of benzene rings is 2. The summed E-state index contributed by atoms with van der Waals surface area (Å²) in [5.74, 6) is -1.51. The summed E-state index contributed by atoms with van der Waals surface area (Å²) in [6.45, 7) is 0. The zero-order valence-electron chi connectivity index (χ0n) is 13.8. The number of anilines is 1. The number of carbonyl (C=O) groups is 2. The smallest absolute Gasteiger partial charge is 0.315 e. The summed E-state index contributed by atoms with van der Waals surface area (Å²) in [7, 11) is 1.47. The number of rotatable bonds is 3. The quantitative estimate of drug-likeness (QED) is 0.759. The van der Waals surface area contributed by atoms with Crippen molar-refractivity contribution in [1.29, 1.82) is 0 Å². The molecular weight excluding hydrogens is 364 g/mol. The van der Waals surface area contributed by atoms with Crippen LogP contribution in [-0.4, -0.2) is 19.0 Å². The molecule has 8 heteroatoms. The van der Waals surface area contributed by atoms with Gasteiger partial charge in [0.25, 0.3) is 5.91 Å². The first-order valence-corrected chi connectivity index (χ1v) is 8.34. The van der Waals surface area contributed by atoms with E-state index in [1.54, 1.807) is 0 Å². The van der Waals surface area contributed by atoms with E-state index in [1.165, 1.54) is 31.3 Å². The Morgan fingerprint density at radius 3 is 2.58 bits per heavy atom. The highest BCUT2D eigenvalue weighted by Gasteiger charge is 2.30. The number of amides is 3. The van der Waals surface area contributed by atoms with E-state index in [0.717, 1.165) is 6.07 Å². The number of hydrogen-bond donors (Lipinski definition) is 3. The zero-order chi connectivity index (χ0) is 18.8. The van der Waals surface area contributed by atoms with E-state index in [2.05, 4.69) is 16.0 Å². The monoisotopic (exact) mass is 379 g/mol. The normalized spacial score (nSPS) is 15.3. The van der Waals surface area contributed by atoms with Gasteiger partial charge in [-0.05, 0) is 48.7 Å². The third-order valence-electron chi connectivity index (χ3n) is 4.29. The highest BCUT2D eigenvalue weighted by Crippen LogP contribution is 2.35. The Kier molecular flexibility index (Phi) is 5.08. The molecule has 3 N–H and O–H groups in total. The van der Waals surface area contributed by atoms with Crippen molar-refractivity contribution in [3.63, 3.8) is 0 Å². The molecule has 0 aliphatic heterocycles. The Labute approximate surface area is 153 Å². The van der Waals surface area contributed by atoms with Crippen molar-refractivity contribution in [3.8, 4) is 0 Å². The fourth-order valence-electron chi connectivity index (χ4n) is 3.08. The number of halogens is 3. The van der Waals surface area contributed by atoms with Crippen LogP contribution in [0.25, 0.3) is 0 Å². The van der Waals surface area contributed by atoms with Crippen molar-refractivity contribution >= 4 is 29.2 Å². The number of carbonyl (C=O) groups excluding carboxylic acids is 2. The van der Waals surface area contributed by atoms with E-state index in [-0.39, 0.29) is 5.02 Å². The third kappa shape index (κ3) is 3.48. The van der Waals surface area contributed by atoms with Crippen molar-refractivity contribution in [1.82, 2.24) is 10.6 Å². The summed E-state index contributed by atoms with van der Waals surface area (Å²) in [5.41, 5.74) is 1.51. The predicted octanol–water partition coefficient (Wildman–Crippen LogP) is 3.79. The second-order valence-corrected chi connectivity index (χ2v) is 6.29. The van der Waals surface area contributed by atoms with E-state index in [1.807, 2.05) is 0 Å². The van der Waals surface area contributed by atoms with Gasteiger partial charge in [-0.15, -0.1) is 0 Å². The summed E-state index contributed by atoms with van der Waals surface area (Å²) in [6.07, 6.45) is 0.945. The molecule has 0 radical (unpaired) electrons. The molecule has 0 saturated heterocycles. The predicted molar refractivity (Wildman–Crippen MR) is 94.4 cm³/mol. The topological polar surface area (TPSA) is 70.2 Å². The molecule has 3 rings (SSSR count). The SMILES string of the molecule is CNC(=O)N[C@H]1CCc2c(C(=O)Nc3ccc(F)c(Cl)c3)ccc(F)c21. The minimum absolute atomic E-state index is 0.109. The molecule has 5 nitrogen and oxygen atoms in total. The summed E-state index contributed by atoms with van der Waals surface area (Å²) in [6, 6.07) is 5.52. The lowest BCUT2D eigenvalue weighted by atomic mass is 10.0. The van der Waals surface area contributed by atoms with Gasteiger partial charge in [-0.2, -0.15) is 0 Å². The van der Waals surface area contributed by atoms with Crippen molar-refractivity contribution in [2.45, 2.75) is 18.9 Å². The van der Waals surface area contributed by atoms with Gasteiger partial charge < -0.3 is 16.0 Å². The Balaban J connectivity index is 1.88. The van der Waals surface area contributed by atoms with Crippen LogP contribution in [0.3, 0.4) is 0 Å². The minimum Gasteiger partial charge on any atom is -0.341 e. The number of urea groups is 1. The molecule has 26 heavy (non-hydrogen) atoms. The van der Waals surface area contributed by atoms with E-state index < -0.39 is 29.6 Å². The minimum atomic E-state index is -0.588. The molecule has 1 aliphatic rings. The number of hydrogen-bond acceptors (Lipinski definition) is 2. The standard InChI is InChI=1S/C18H16ClF2N3O2/c1-22-18(26)24-15-7-4-10-11(3-6-14(21)16(10)15)17(25)23-9-2-5-13(20)12(19)8-9/h2-3,5-6,8,15H,4,7H2,1H3,(H,23,25)(H2,22,24,26)/t15-/m0/s1. The summed E-state index contributed by atoms with van der Waals surface area (Å²) in [4.78, 5) is 24.1. The molecule has 1 atom stereocenters. The lowest BCUT2D eigenvalue weighted by molar-refractivity contribution is 0.102. The number of nitrogens with one attached hydrogen (secondary N) is 3. The van der Waals surface area contributed by atoms with Crippen molar-refractivity contribution in [2.24, 2.45) is 0 Å². The van der Waals surface area contributed by atoms with Crippen LogP contribution >= 0.6 is 11.6 Å². The van der Waals surface area contributed by atoms with Crippen LogP contribution in [0, 0.1) is 11.6 Å². The van der Waals surface area contributed by atoms with E-state index in [0.29, 0.717) is 35.2 Å². The first kappa shape index (κ1) is 18.1. The fraction of sp³-hybridized carbons (Fsp3) is 0.222. The maximum Gasteiger partial charge on any atom is 0.315 e. The molecule has 3 amide bonds. The van der Waals surface area contributed by atoms with E-state index in [4.69, 9.17) is 11.6 Å². The van der Waals surface area contributed by atoms with Crippen molar-refractivity contribution in [2.75, 3.05) is 12.4 Å². The van der Waals surface area contributed by atoms with Crippen LogP contribution < -0.4 is 16.0 Å². The molecule has 0 saturated carbocycles. The second kappa shape index (κ2) is 7.29. The highest BCUT2D eigenvalue weighted by molar-refractivity contribution is 6.31. The van der Waals surface area contributed by atoms with Crippen LogP contribution in [0.2, 0.25) is 5.02 Å². The van der Waals surface area contributed by atoms with E-state index >= 15 is 0 Å². The van der Waals surface area contributed by atoms with Crippen molar-refractivity contribution < 1.29 is 18.4 Å². The molecule has 0 fully saturated rings. The Hall–Kier alpha value is -2.67. The van der Waals surface area contributed by atoms with Crippen LogP contribution in [0.15, 0.2) is 30.3 Å². The molecule has 0 bridgehead atoms. The molecule has 0 spiro atoms. The van der Waals surface area contributed by atoms with Gasteiger partial charge in [-0.25, -0.2) is 13.6 Å². The van der Waals surface area contributed by atoms with Crippen LogP contribution in [0.4, 0.5) is 19.3 Å². The summed E-state index contributed by atoms with van der Waals surface area (Å²) in [5, 5.41) is 7.62. The molecular formula is C18H16ClF2N3O2. The first-order chi connectivity index (χ1) is 12.4. The fourth-order valence-corrected chi connectivity index (χ4v) is 3.26. The van der Waals surface area contributed by atoms with E-state index in [9.17, 15) is 18.4 Å². The molecule has 0 heterocycles. The van der Waals surface area contributed by atoms with Crippen LogP contribution in [-0.2, 0) is 6.42 Å². The molecule has 2 aromatic carbocycles. The van der Waals surface area contributed by atoms with Gasteiger partial charge >= 0.3 is 6.03 Å². The molecule has 0 unspecified atom stereocenters. The molecule has 0 aromatic heterocycles. The largest absolute Gasteiger partial charge is 0.341 e. The highest BCUT2D eigenvalue weighted by atomic mass is 35.5. The lowest BCUT2D eigenvalue weighted by Gasteiger charge is -2.15. The third-order valence-corrected chi connectivity index (χ3v) is 4.58. The average Bonchev–Trinajstić information content (AvgIpc) is 3.02. The van der Waals surface area contributed by atoms with Gasteiger partial charge in [-0.3, -0.25) is 4.79 Å². The summed E-state index contributed by atoms with van der Waals surface area (Å²) >= 11 is 5.72. The molecule has 2 aromatic rings. The summed E-state index contributed by atoms with van der Waals surface area (Å²) < 4.78 is 27.5. The first-order valence-electron chi connectivity index (χ1n) is 7.96. The van der Waals surface area contributed by atoms with Gasteiger partial charge in [0.15, 0.2) is 0 Å². The zero-order valence-corrected chi connectivity index (χ0v) is 14.6. The Morgan fingerprint density at radius 2 is 1.88 bits per heavy atom. The lowest BCUT2D eigenvalue weighted by Crippen LogP contribution is -2.35. The maximum atomic E-state index is 14.3. The Morgan fingerprint density at radius 1 is 1.15 bits per heavy atom. The van der Waals surface area contributed by atoms with Crippen LogP contribution in [0.5, 0.6) is 0 Å². The van der Waals surface area contributed by atoms with Crippen LogP contribution in [0.1, 0.15) is 33.9 Å². The van der Waals surface area contributed by atoms with Gasteiger partial charge in [0, 0.05) is 23.9 Å². The molecule has 136 valence electrons. The Bertz CT molecular complexity index is 889. The molecule has 1 aliphatic carbocycles.